The van der Waals surface area contributed by atoms with Crippen molar-refractivity contribution in [3.63, 3.8) is 0 Å². The number of hydrazone groups is 1. The SMILES string of the molecule is C/C(=N/NC(=O)[C@@H](C)Sc1nnc(CNc2ccc(I)cc2C)n1-c1ccccc1)c1ccc(F)cc1. The van der Waals surface area contributed by atoms with Crippen LogP contribution in [0.15, 0.2) is 83.1 Å². The second-order valence-electron chi connectivity index (χ2n) is 8.32. The number of hydrogen-bond acceptors (Lipinski definition) is 6. The Hall–Kier alpha value is -3.25. The van der Waals surface area contributed by atoms with Crippen LogP contribution in [-0.2, 0) is 11.3 Å². The van der Waals surface area contributed by atoms with Crippen molar-refractivity contribution >= 4 is 51.7 Å². The number of amides is 1. The number of aromatic nitrogens is 3. The van der Waals surface area contributed by atoms with Crippen molar-refractivity contribution in [2.75, 3.05) is 5.32 Å². The fraction of sp³-hybridized carbons (Fsp3) is 0.185. The Morgan fingerprint density at radius 3 is 2.54 bits per heavy atom. The number of nitrogens with one attached hydrogen (secondary N) is 2. The summed E-state index contributed by atoms with van der Waals surface area (Å²) < 4.78 is 16.3. The molecule has 0 aliphatic heterocycles. The summed E-state index contributed by atoms with van der Waals surface area (Å²) in [5.74, 6) is 0.129. The minimum absolute atomic E-state index is 0.275. The quantitative estimate of drug-likeness (QED) is 0.104. The molecule has 2 N–H and O–H groups in total. The molecule has 0 bridgehead atoms. The highest BCUT2D eigenvalue weighted by molar-refractivity contribution is 14.1. The number of hydrogen-bond donors (Lipinski definition) is 2. The van der Waals surface area contributed by atoms with E-state index in [2.05, 4.69) is 73.8 Å². The Morgan fingerprint density at radius 2 is 1.84 bits per heavy atom. The number of aryl methyl sites for hydroxylation is 1. The Kier molecular flexibility index (Phi) is 8.93. The summed E-state index contributed by atoms with van der Waals surface area (Å²) in [6.07, 6.45) is 0. The minimum atomic E-state index is -0.490. The molecule has 1 aromatic heterocycles. The molecule has 0 radical (unpaired) electrons. The average molecular weight is 629 g/mol. The van der Waals surface area contributed by atoms with Crippen LogP contribution < -0.4 is 10.7 Å². The summed E-state index contributed by atoms with van der Waals surface area (Å²) in [6.45, 7) is 6.07. The number of rotatable bonds is 9. The lowest BCUT2D eigenvalue weighted by Gasteiger charge is -2.14. The molecular formula is C27H26FIN6OS. The first-order valence-electron chi connectivity index (χ1n) is 11.6. The molecule has 190 valence electrons. The molecule has 0 fully saturated rings. The molecule has 4 aromatic rings. The fourth-order valence-corrected chi connectivity index (χ4v) is 5.05. The zero-order valence-electron chi connectivity index (χ0n) is 20.6. The molecular weight excluding hydrogens is 602 g/mol. The Labute approximate surface area is 233 Å². The van der Waals surface area contributed by atoms with Crippen LogP contribution >= 0.6 is 34.4 Å². The van der Waals surface area contributed by atoms with Crippen LogP contribution in [0.3, 0.4) is 0 Å². The standard InChI is InChI=1S/C27H26FIN6OS/c1-17-15-22(29)13-14-24(17)30-16-25-32-34-27(35(25)23-7-5-4-6-8-23)37-19(3)26(36)33-31-18(2)20-9-11-21(28)12-10-20/h4-15,19,30H,16H2,1-3H3,(H,33,36)/b31-18-/t19-/m1/s1. The lowest BCUT2D eigenvalue weighted by molar-refractivity contribution is -0.120. The molecule has 0 saturated carbocycles. The highest BCUT2D eigenvalue weighted by Gasteiger charge is 2.21. The lowest BCUT2D eigenvalue weighted by Crippen LogP contribution is -2.28. The van der Waals surface area contributed by atoms with Crippen LogP contribution in [0.25, 0.3) is 5.69 Å². The van der Waals surface area contributed by atoms with Gasteiger partial charge in [0.15, 0.2) is 11.0 Å². The zero-order chi connectivity index (χ0) is 26.4. The predicted octanol–water partition coefficient (Wildman–Crippen LogP) is 5.95. The van der Waals surface area contributed by atoms with Crippen molar-refractivity contribution < 1.29 is 9.18 Å². The van der Waals surface area contributed by atoms with Crippen molar-refractivity contribution in [1.82, 2.24) is 20.2 Å². The molecule has 7 nitrogen and oxygen atoms in total. The second-order valence-corrected chi connectivity index (χ2v) is 10.9. The van der Waals surface area contributed by atoms with Crippen molar-refractivity contribution in [2.24, 2.45) is 5.10 Å². The molecule has 4 rings (SSSR count). The minimum Gasteiger partial charge on any atom is -0.378 e. The van der Waals surface area contributed by atoms with Crippen molar-refractivity contribution in [1.29, 1.82) is 0 Å². The maximum Gasteiger partial charge on any atom is 0.253 e. The number of carbonyl (C=O) groups is 1. The number of thioether (sulfide) groups is 1. The van der Waals surface area contributed by atoms with E-state index in [1.54, 1.807) is 26.0 Å². The van der Waals surface area contributed by atoms with E-state index < -0.39 is 5.25 Å². The molecule has 1 amide bonds. The molecule has 0 saturated heterocycles. The Morgan fingerprint density at radius 1 is 1.11 bits per heavy atom. The van der Waals surface area contributed by atoms with Gasteiger partial charge in [0.05, 0.1) is 17.5 Å². The van der Waals surface area contributed by atoms with Crippen molar-refractivity contribution in [3.05, 3.63) is 99.1 Å². The molecule has 0 aliphatic carbocycles. The van der Waals surface area contributed by atoms with E-state index in [1.165, 1.54) is 27.5 Å². The molecule has 0 unspecified atom stereocenters. The van der Waals surface area contributed by atoms with Gasteiger partial charge in [0.1, 0.15) is 5.82 Å². The lowest BCUT2D eigenvalue weighted by atomic mass is 10.1. The van der Waals surface area contributed by atoms with Crippen LogP contribution in [0.2, 0.25) is 0 Å². The number of nitrogens with zero attached hydrogens (tertiary/aromatic N) is 4. The molecule has 1 heterocycles. The van der Waals surface area contributed by atoms with Gasteiger partial charge in [-0.2, -0.15) is 5.10 Å². The van der Waals surface area contributed by atoms with Gasteiger partial charge in [-0.15, -0.1) is 10.2 Å². The third-order valence-electron chi connectivity index (χ3n) is 5.59. The smallest absolute Gasteiger partial charge is 0.253 e. The second kappa shape index (κ2) is 12.3. The van der Waals surface area contributed by atoms with Gasteiger partial charge >= 0.3 is 0 Å². The summed E-state index contributed by atoms with van der Waals surface area (Å²) in [4.78, 5) is 12.8. The van der Waals surface area contributed by atoms with Gasteiger partial charge in [-0.05, 0) is 97.0 Å². The fourth-order valence-electron chi connectivity index (χ4n) is 3.52. The van der Waals surface area contributed by atoms with E-state index in [1.807, 2.05) is 34.9 Å². The third-order valence-corrected chi connectivity index (χ3v) is 7.30. The molecule has 37 heavy (non-hydrogen) atoms. The van der Waals surface area contributed by atoms with Gasteiger partial charge in [-0.1, -0.05) is 42.1 Å². The number of halogens is 2. The third kappa shape index (κ3) is 6.95. The molecule has 0 spiro atoms. The van der Waals surface area contributed by atoms with Gasteiger partial charge in [0, 0.05) is 14.9 Å². The average Bonchev–Trinajstić information content (AvgIpc) is 3.29. The first-order valence-corrected chi connectivity index (χ1v) is 13.5. The van der Waals surface area contributed by atoms with E-state index in [4.69, 9.17) is 0 Å². The van der Waals surface area contributed by atoms with E-state index in [0.29, 0.717) is 17.4 Å². The van der Waals surface area contributed by atoms with E-state index in [9.17, 15) is 9.18 Å². The predicted molar refractivity (Wildman–Crippen MR) is 155 cm³/mol. The maximum absolute atomic E-state index is 13.2. The first-order chi connectivity index (χ1) is 17.8. The molecule has 3 aromatic carbocycles. The zero-order valence-corrected chi connectivity index (χ0v) is 23.5. The summed E-state index contributed by atoms with van der Waals surface area (Å²) in [5, 5.41) is 16.6. The normalized spacial score (nSPS) is 12.3. The van der Waals surface area contributed by atoms with E-state index >= 15 is 0 Å². The summed E-state index contributed by atoms with van der Waals surface area (Å²) in [7, 11) is 0. The highest BCUT2D eigenvalue weighted by Crippen LogP contribution is 2.27. The van der Waals surface area contributed by atoms with Gasteiger partial charge in [-0.25, -0.2) is 9.82 Å². The van der Waals surface area contributed by atoms with Gasteiger partial charge in [0.25, 0.3) is 5.91 Å². The van der Waals surface area contributed by atoms with Crippen molar-refractivity contribution in [2.45, 2.75) is 37.7 Å². The van der Waals surface area contributed by atoms with Crippen LogP contribution in [0, 0.1) is 16.3 Å². The number of carbonyl (C=O) groups excluding carboxylic acids is 1. The van der Waals surface area contributed by atoms with Gasteiger partial charge in [-0.3, -0.25) is 9.36 Å². The number of anilines is 1. The Bertz CT molecular complexity index is 1410. The van der Waals surface area contributed by atoms with Crippen molar-refractivity contribution in [3.8, 4) is 5.69 Å². The Balaban J connectivity index is 1.50. The van der Waals surface area contributed by atoms with Crippen LogP contribution in [0.1, 0.15) is 30.8 Å². The molecule has 10 heteroatoms. The molecule has 0 aliphatic rings. The topological polar surface area (TPSA) is 84.2 Å². The highest BCUT2D eigenvalue weighted by atomic mass is 127. The largest absolute Gasteiger partial charge is 0.378 e. The summed E-state index contributed by atoms with van der Waals surface area (Å²) >= 11 is 3.60. The van der Waals surface area contributed by atoms with Gasteiger partial charge < -0.3 is 5.32 Å². The van der Waals surface area contributed by atoms with Crippen LogP contribution in [0.5, 0.6) is 0 Å². The van der Waals surface area contributed by atoms with E-state index in [-0.39, 0.29) is 11.7 Å². The van der Waals surface area contributed by atoms with E-state index in [0.717, 1.165) is 28.3 Å². The van der Waals surface area contributed by atoms with Crippen LogP contribution in [-0.4, -0.2) is 31.6 Å². The van der Waals surface area contributed by atoms with Crippen LogP contribution in [0.4, 0.5) is 10.1 Å². The number of para-hydroxylation sites is 1. The monoisotopic (exact) mass is 628 g/mol. The number of benzene rings is 3. The molecule has 1 atom stereocenters. The maximum atomic E-state index is 13.2. The summed E-state index contributed by atoms with van der Waals surface area (Å²) in [5.41, 5.74) is 6.99. The van der Waals surface area contributed by atoms with Gasteiger partial charge in [0.2, 0.25) is 0 Å². The summed E-state index contributed by atoms with van der Waals surface area (Å²) in [6, 6.07) is 22.0. The first kappa shape index (κ1) is 26.8.